The molecule has 0 spiro atoms. The minimum atomic E-state index is -0.835. The smallest absolute Gasteiger partial charge is 0.300 e. The van der Waals surface area contributed by atoms with E-state index in [1.165, 1.54) is 17.3 Å². The van der Waals surface area contributed by atoms with E-state index in [0.717, 1.165) is 0 Å². The van der Waals surface area contributed by atoms with Crippen molar-refractivity contribution in [2.24, 2.45) is 0 Å². The fraction of sp³-hybridized carbons (Fsp3) is 0.222. The van der Waals surface area contributed by atoms with Gasteiger partial charge in [-0.05, 0) is 62.7 Å². The SMILES string of the molecule is CCOc1cccc(N2C(=O)C(=O)/C(=C(/O)c3ccncc3)C2c2ccc(OC(C)C)cc2)c1. The number of benzene rings is 2. The van der Waals surface area contributed by atoms with Crippen LogP contribution in [0.1, 0.15) is 37.9 Å². The Labute approximate surface area is 198 Å². The van der Waals surface area contributed by atoms with Gasteiger partial charge in [0, 0.05) is 29.7 Å². The maximum atomic E-state index is 13.3. The molecule has 1 amide bonds. The van der Waals surface area contributed by atoms with Crippen LogP contribution in [0.2, 0.25) is 0 Å². The standard InChI is InChI=1S/C27H26N2O5/c1-4-33-22-7-5-6-20(16-22)29-24(18-8-10-21(11-9-18)34-17(2)3)23(26(31)27(29)32)25(30)19-12-14-28-15-13-19/h5-17,24,30H,4H2,1-3H3/b25-23+. The Morgan fingerprint density at radius 1 is 1.03 bits per heavy atom. The second kappa shape index (κ2) is 9.79. The van der Waals surface area contributed by atoms with Crippen molar-refractivity contribution in [3.63, 3.8) is 0 Å². The first-order valence-electron chi connectivity index (χ1n) is 11.1. The van der Waals surface area contributed by atoms with Crippen LogP contribution in [0.5, 0.6) is 11.5 Å². The summed E-state index contributed by atoms with van der Waals surface area (Å²) in [6, 6.07) is 16.5. The Bertz CT molecular complexity index is 1220. The molecule has 4 rings (SSSR count). The molecule has 34 heavy (non-hydrogen) atoms. The van der Waals surface area contributed by atoms with Gasteiger partial charge in [0.25, 0.3) is 11.7 Å². The van der Waals surface area contributed by atoms with Gasteiger partial charge in [-0.2, -0.15) is 0 Å². The molecule has 3 aromatic rings. The summed E-state index contributed by atoms with van der Waals surface area (Å²) in [5.41, 5.74) is 1.57. The van der Waals surface area contributed by atoms with E-state index >= 15 is 0 Å². The van der Waals surface area contributed by atoms with Gasteiger partial charge in [-0.25, -0.2) is 0 Å². The minimum Gasteiger partial charge on any atom is -0.507 e. The number of carbonyl (C=O) groups is 2. The van der Waals surface area contributed by atoms with Crippen molar-refractivity contribution in [2.45, 2.75) is 32.9 Å². The van der Waals surface area contributed by atoms with Crippen molar-refractivity contribution in [2.75, 3.05) is 11.5 Å². The third-order valence-corrected chi connectivity index (χ3v) is 5.37. The molecular weight excluding hydrogens is 432 g/mol. The lowest BCUT2D eigenvalue weighted by atomic mass is 9.95. The molecule has 0 saturated carbocycles. The molecule has 1 aliphatic heterocycles. The number of pyridine rings is 1. The van der Waals surface area contributed by atoms with Crippen molar-refractivity contribution < 1.29 is 24.2 Å². The summed E-state index contributed by atoms with van der Waals surface area (Å²) in [6.45, 7) is 6.20. The first-order valence-corrected chi connectivity index (χ1v) is 11.1. The summed E-state index contributed by atoms with van der Waals surface area (Å²) in [7, 11) is 0. The summed E-state index contributed by atoms with van der Waals surface area (Å²) in [5.74, 6) is -0.490. The van der Waals surface area contributed by atoms with E-state index in [2.05, 4.69) is 4.98 Å². The summed E-state index contributed by atoms with van der Waals surface area (Å²) in [6.07, 6.45) is 3.04. The lowest BCUT2D eigenvalue weighted by molar-refractivity contribution is -0.132. The molecule has 1 saturated heterocycles. The predicted octanol–water partition coefficient (Wildman–Crippen LogP) is 4.89. The molecule has 1 aliphatic rings. The number of nitrogens with zero attached hydrogens (tertiary/aromatic N) is 2. The monoisotopic (exact) mass is 458 g/mol. The summed E-state index contributed by atoms with van der Waals surface area (Å²) in [5, 5.41) is 11.1. The third-order valence-electron chi connectivity index (χ3n) is 5.37. The second-order valence-electron chi connectivity index (χ2n) is 8.07. The molecule has 1 fully saturated rings. The highest BCUT2D eigenvalue weighted by atomic mass is 16.5. The lowest BCUT2D eigenvalue weighted by Gasteiger charge is -2.26. The number of amides is 1. The van der Waals surface area contributed by atoms with Crippen LogP contribution in [0.4, 0.5) is 5.69 Å². The lowest BCUT2D eigenvalue weighted by Crippen LogP contribution is -2.29. The van der Waals surface area contributed by atoms with E-state index in [4.69, 9.17) is 9.47 Å². The van der Waals surface area contributed by atoms with Crippen LogP contribution in [0.3, 0.4) is 0 Å². The largest absolute Gasteiger partial charge is 0.507 e. The number of rotatable bonds is 7. The van der Waals surface area contributed by atoms with Crippen LogP contribution in [0.15, 0.2) is 78.6 Å². The number of carbonyl (C=O) groups excluding carboxylic acids is 2. The van der Waals surface area contributed by atoms with Gasteiger partial charge in [0.1, 0.15) is 17.3 Å². The van der Waals surface area contributed by atoms with Gasteiger partial charge >= 0.3 is 0 Å². The van der Waals surface area contributed by atoms with Crippen LogP contribution in [-0.2, 0) is 9.59 Å². The Hall–Kier alpha value is -4.13. The molecule has 1 atom stereocenters. The summed E-state index contributed by atoms with van der Waals surface area (Å²) < 4.78 is 11.3. The molecule has 0 bridgehead atoms. The fourth-order valence-electron chi connectivity index (χ4n) is 3.97. The van der Waals surface area contributed by atoms with Crippen LogP contribution in [0, 0.1) is 0 Å². The number of ether oxygens (including phenoxy) is 2. The molecule has 1 aromatic heterocycles. The van der Waals surface area contributed by atoms with Crippen LogP contribution >= 0.6 is 0 Å². The van der Waals surface area contributed by atoms with Gasteiger partial charge in [0.15, 0.2) is 0 Å². The first kappa shape index (κ1) is 23.0. The molecule has 7 heteroatoms. The number of hydrogen-bond donors (Lipinski definition) is 1. The van der Waals surface area contributed by atoms with E-state index < -0.39 is 17.7 Å². The molecular formula is C27H26N2O5. The Balaban J connectivity index is 1.87. The number of aromatic nitrogens is 1. The molecule has 0 radical (unpaired) electrons. The zero-order chi connectivity index (χ0) is 24.2. The number of aliphatic hydroxyl groups excluding tert-OH is 1. The average Bonchev–Trinajstić information content (AvgIpc) is 3.10. The minimum absolute atomic E-state index is 0.00415. The van der Waals surface area contributed by atoms with Gasteiger partial charge in [0.05, 0.1) is 24.3 Å². The van der Waals surface area contributed by atoms with Gasteiger partial charge in [-0.3, -0.25) is 19.5 Å². The summed E-state index contributed by atoms with van der Waals surface area (Å²) in [4.78, 5) is 31.9. The van der Waals surface area contributed by atoms with Crippen molar-refractivity contribution >= 4 is 23.1 Å². The quantitative estimate of drug-likeness (QED) is 0.308. The van der Waals surface area contributed by atoms with Gasteiger partial charge in [-0.15, -0.1) is 0 Å². The topological polar surface area (TPSA) is 89.0 Å². The number of anilines is 1. The van der Waals surface area contributed by atoms with E-state index in [1.807, 2.05) is 20.8 Å². The molecule has 1 N–H and O–H groups in total. The predicted molar refractivity (Wildman–Crippen MR) is 129 cm³/mol. The van der Waals surface area contributed by atoms with Gasteiger partial charge < -0.3 is 14.6 Å². The van der Waals surface area contributed by atoms with E-state index in [-0.39, 0.29) is 17.4 Å². The highest BCUT2D eigenvalue weighted by molar-refractivity contribution is 6.51. The third kappa shape index (κ3) is 4.50. The van der Waals surface area contributed by atoms with Crippen LogP contribution < -0.4 is 14.4 Å². The molecule has 174 valence electrons. The number of ketones is 1. The Morgan fingerprint density at radius 2 is 1.74 bits per heavy atom. The molecule has 0 aliphatic carbocycles. The highest BCUT2D eigenvalue weighted by Gasteiger charge is 2.47. The summed E-state index contributed by atoms with van der Waals surface area (Å²) >= 11 is 0. The van der Waals surface area contributed by atoms with Gasteiger partial charge in [-0.1, -0.05) is 18.2 Å². The maximum absolute atomic E-state index is 13.3. The highest BCUT2D eigenvalue weighted by Crippen LogP contribution is 2.43. The zero-order valence-corrected chi connectivity index (χ0v) is 19.3. The van der Waals surface area contributed by atoms with Crippen LogP contribution in [-0.4, -0.2) is 34.5 Å². The Morgan fingerprint density at radius 3 is 2.38 bits per heavy atom. The number of Topliss-reactive ketones (excluding diaryl/α,β-unsaturated/α-hetero) is 1. The normalized spacial score (nSPS) is 17.3. The maximum Gasteiger partial charge on any atom is 0.300 e. The Kier molecular flexibility index (Phi) is 6.63. The second-order valence-corrected chi connectivity index (χ2v) is 8.07. The van der Waals surface area contributed by atoms with E-state index in [9.17, 15) is 14.7 Å². The number of hydrogen-bond acceptors (Lipinski definition) is 6. The molecule has 2 heterocycles. The van der Waals surface area contributed by atoms with Crippen LogP contribution in [0.25, 0.3) is 5.76 Å². The van der Waals surface area contributed by atoms with Gasteiger partial charge in [0.2, 0.25) is 0 Å². The van der Waals surface area contributed by atoms with E-state index in [1.54, 1.807) is 60.7 Å². The average molecular weight is 459 g/mol. The van der Waals surface area contributed by atoms with Crippen molar-refractivity contribution in [3.8, 4) is 11.5 Å². The number of aliphatic hydroxyl groups is 1. The zero-order valence-electron chi connectivity index (χ0n) is 19.3. The molecule has 7 nitrogen and oxygen atoms in total. The van der Waals surface area contributed by atoms with Crippen molar-refractivity contribution in [1.29, 1.82) is 0 Å². The fourth-order valence-corrected chi connectivity index (χ4v) is 3.97. The van der Waals surface area contributed by atoms with E-state index in [0.29, 0.717) is 34.9 Å². The van der Waals surface area contributed by atoms with Crippen molar-refractivity contribution in [1.82, 2.24) is 4.98 Å². The molecule has 2 aromatic carbocycles. The van der Waals surface area contributed by atoms with Crippen molar-refractivity contribution in [3.05, 3.63) is 89.8 Å². The first-order chi connectivity index (χ1) is 16.4. The molecule has 1 unspecified atom stereocenters.